The van der Waals surface area contributed by atoms with Gasteiger partial charge in [-0.15, -0.1) is 0 Å². The third-order valence-electron chi connectivity index (χ3n) is 4.67. The number of halogens is 1. The minimum Gasteiger partial charge on any atom is -0.485 e. The summed E-state index contributed by atoms with van der Waals surface area (Å²) in [5.41, 5.74) is 0. The van der Waals surface area contributed by atoms with Crippen LogP contribution in [0.1, 0.15) is 6.42 Å². The first kappa shape index (κ1) is 18.0. The molecule has 3 rings (SSSR count). The summed E-state index contributed by atoms with van der Waals surface area (Å²) >= 11 is 6.08. The Labute approximate surface area is 153 Å². The van der Waals surface area contributed by atoms with Crippen molar-refractivity contribution in [1.29, 1.82) is 0 Å². The monoisotopic (exact) mass is 365 g/mol. The standard InChI is InChI=1S/C18H24ClN3O3/c1-20(2)7-8-21-10-13(9-17(21)23)18(24)22-11-14(12-22)25-16-6-4-3-5-15(16)19/h3-6,13-14H,7-12H2,1-2H3/t13-/m1/s1. The molecule has 7 heteroatoms. The molecule has 2 saturated heterocycles. The van der Waals surface area contributed by atoms with Gasteiger partial charge in [0.2, 0.25) is 11.8 Å². The number of rotatable bonds is 6. The lowest BCUT2D eigenvalue weighted by Crippen LogP contribution is -2.57. The molecular weight excluding hydrogens is 342 g/mol. The fraction of sp³-hybridized carbons (Fsp3) is 0.556. The summed E-state index contributed by atoms with van der Waals surface area (Å²) in [6, 6.07) is 7.33. The molecule has 6 nitrogen and oxygen atoms in total. The highest BCUT2D eigenvalue weighted by atomic mass is 35.5. The van der Waals surface area contributed by atoms with Gasteiger partial charge in [-0.2, -0.15) is 0 Å². The van der Waals surface area contributed by atoms with Crippen molar-refractivity contribution in [3.8, 4) is 5.75 Å². The van der Waals surface area contributed by atoms with Crippen LogP contribution in [0.2, 0.25) is 5.02 Å². The fourth-order valence-electron chi connectivity index (χ4n) is 3.15. The Morgan fingerprint density at radius 3 is 2.68 bits per heavy atom. The second kappa shape index (κ2) is 7.62. The Bertz CT molecular complexity index is 646. The number of para-hydroxylation sites is 1. The van der Waals surface area contributed by atoms with Crippen LogP contribution < -0.4 is 4.74 Å². The molecular formula is C18H24ClN3O3. The number of carbonyl (C=O) groups excluding carboxylic acids is 2. The number of carbonyl (C=O) groups is 2. The van der Waals surface area contributed by atoms with Crippen LogP contribution in [0.15, 0.2) is 24.3 Å². The highest BCUT2D eigenvalue weighted by molar-refractivity contribution is 6.32. The zero-order valence-electron chi connectivity index (χ0n) is 14.7. The summed E-state index contributed by atoms with van der Waals surface area (Å²) in [7, 11) is 3.95. The lowest BCUT2D eigenvalue weighted by atomic mass is 10.0. The molecule has 0 unspecified atom stereocenters. The Balaban J connectivity index is 1.46. The average molecular weight is 366 g/mol. The first-order valence-electron chi connectivity index (χ1n) is 8.56. The molecule has 1 aromatic rings. The van der Waals surface area contributed by atoms with Crippen molar-refractivity contribution in [3.05, 3.63) is 29.3 Å². The molecule has 0 bridgehead atoms. The molecule has 0 aromatic heterocycles. The molecule has 1 aromatic carbocycles. The molecule has 2 amide bonds. The number of benzene rings is 1. The first-order valence-corrected chi connectivity index (χ1v) is 8.94. The molecule has 2 heterocycles. The van der Waals surface area contributed by atoms with Gasteiger partial charge in [0.1, 0.15) is 11.9 Å². The van der Waals surface area contributed by atoms with Gasteiger partial charge in [-0.05, 0) is 26.2 Å². The number of hydrogen-bond donors (Lipinski definition) is 0. The van der Waals surface area contributed by atoms with E-state index >= 15 is 0 Å². The third kappa shape index (κ3) is 4.25. The maximum atomic E-state index is 12.6. The van der Waals surface area contributed by atoms with Crippen LogP contribution >= 0.6 is 11.6 Å². The summed E-state index contributed by atoms with van der Waals surface area (Å²) < 4.78 is 5.82. The Morgan fingerprint density at radius 2 is 2.00 bits per heavy atom. The van der Waals surface area contributed by atoms with Gasteiger partial charge in [-0.1, -0.05) is 23.7 Å². The van der Waals surface area contributed by atoms with Crippen molar-refractivity contribution in [2.24, 2.45) is 5.92 Å². The van der Waals surface area contributed by atoms with Gasteiger partial charge < -0.3 is 19.4 Å². The van der Waals surface area contributed by atoms with Crippen LogP contribution in [0.5, 0.6) is 5.75 Å². The third-order valence-corrected chi connectivity index (χ3v) is 4.98. The van der Waals surface area contributed by atoms with Gasteiger partial charge in [0.25, 0.3) is 0 Å². The Morgan fingerprint density at radius 1 is 1.28 bits per heavy atom. The highest BCUT2D eigenvalue weighted by Crippen LogP contribution is 2.28. The molecule has 0 spiro atoms. The van der Waals surface area contributed by atoms with E-state index in [0.29, 0.717) is 43.4 Å². The summed E-state index contributed by atoms with van der Waals surface area (Å²) in [6.45, 7) is 3.11. The van der Waals surface area contributed by atoms with E-state index in [1.165, 1.54) is 0 Å². The van der Waals surface area contributed by atoms with Crippen LogP contribution in [0.3, 0.4) is 0 Å². The van der Waals surface area contributed by atoms with E-state index in [4.69, 9.17) is 16.3 Å². The lowest BCUT2D eigenvalue weighted by Gasteiger charge is -2.40. The number of hydrogen-bond acceptors (Lipinski definition) is 4. The van der Waals surface area contributed by atoms with Crippen LogP contribution in [-0.4, -0.2) is 79.4 Å². The van der Waals surface area contributed by atoms with Crippen molar-refractivity contribution in [2.45, 2.75) is 12.5 Å². The predicted molar refractivity (Wildman–Crippen MR) is 95.7 cm³/mol. The average Bonchev–Trinajstić information content (AvgIpc) is 2.90. The van der Waals surface area contributed by atoms with Gasteiger partial charge in [0.05, 0.1) is 24.0 Å². The predicted octanol–water partition coefficient (Wildman–Crippen LogP) is 1.34. The zero-order chi connectivity index (χ0) is 18.0. The minimum absolute atomic E-state index is 0.0363. The van der Waals surface area contributed by atoms with Crippen LogP contribution in [-0.2, 0) is 9.59 Å². The Hall–Kier alpha value is -1.79. The first-order chi connectivity index (χ1) is 11.9. The largest absolute Gasteiger partial charge is 0.485 e. The topological polar surface area (TPSA) is 53.1 Å². The van der Waals surface area contributed by atoms with Crippen LogP contribution in [0.4, 0.5) is 0 Å². The number of likely N-dealkylation sites (tertiary alicyclic amines) is 2. The molecule has 1 atom stereocenters. The number of likely N-dealkylation sites (N-methyl/N-ethyl adjacent to an activating group) is 1. The van der Waals surface area contributed by atoms with Gasteiger partial charge >= 0.3 is 0 Å². The minimum atomic E-state index is -0.226. The second-order valence-electron chi connectivity index (χ2n) is 6.96. The highest BCUT2D eigenvalue weighted by Gasteiger charge is 2.41. The van der Waals surface area contributed by atoms with Crippen molar-refractivity contribution < 1.29 is 14.3 Å². The molecule has 2 aliphatic heterocycles. The van der Waals surface area contributed by atoms with Crippen molar-refractivity contribution in [2.75, 3.05) is 46.8 Å². The van der Waals surface area contributed by atoms with E-state index in [1.807, 2.05) is 37.2 Å². The molecule has 2 fully saturated rings. The molecule has 0 aliphatic carbocycles. The number of amides is 2. The van der Waals surface area contributed by atoms with E-state index in [1.54, 1.807) is 15.9 Å². The van der Waals surface area contributed by atoms with Crippen molar-refractivity contribution in [1.82, 2.24) is 14.7 Å². The quantitative estimate of drug-likeness (QED) is 0.763. The SMILES string of the molecule is CN(C)CCN1C[C@H](C(=O)N2CC(Oc3ccccc3Cl)C2)CC1=O. The second-order valence-corrected chi connectivity index (χ2v) is 7.36. The number of nitrogens with zero attached hydrogens (tertiary/aromatic N) is 3. The fourth-order valence-corrected chi connectivity index (χ4v) is 3.33. The van der Waals surface area contributed by atoms with Gasteiger partial charge in [0, 0.05) is 26.1 Å². The summed E-state index contributed by atoms with van der Waals surface area (Å²) in [4.78, 5) is 30.2. The van der Waals surface area contributed by atoms with Gasteiger partial charge in [0.15, 0.2) is 0 Å². The van der Waals surface area contributed by atoms with E-state index in [2.05, 4.69) is 0 Å². The molecule has 25 heavy (non-hydrogen) atoms. The van der Waals surface area contributed by atoms with E-state index in [-0.39, 0.29) is 23.8 Å². The number of ether oxygens (including phenoxy) is 1. The molecule has 0 radical (unpaired) electrons. The lowest BCUT2D eigenvalue weighted by molar-refractivity contribution is -0.144. The normalized spacial score (nSPS) is 21.0. The summed E-state index contributed by atoms with van der Waals surface area (Å²) in [5, 5.41) is 0.574. The maximum absolute atomic E-state index is 12.6. The Kier molecular flexibility index (Phi) is 5.49. The van der Waals surface area contributed by atoms with Crippen LogP contribution in [0.25, 0.3) is 0 Å². The smallest absolute Gasteiger partial charge is 0.228 e. The molecule has 0 N–H and O–H groups in total. The molecule has 0 saturated carbocycles. The van der Waals surface area contributed by atoms with E-state index < -0.39 is 0 Å². The maximum Gasteiger partial charge on any atom is 0.228 e. The summed E-state index contributed by atoms with van der Waals surface area (Å²) in [6.07, 6.45) is 0.282. The van der Waals surface area contributed by atoms with Crippen molar-refractivity contribution in [3.63, 3.8) is 0 Å². The van der Waals surface area contributed by atoms with E-state index in [9.17, 15) is 9.59 Å². The van der Waals surface area contributed by atoms with Crippen LogP contribution in [0, 0.1) is 5.92 Å². The summed E-state index contributed by atoms with van der Waals surface area (Å²) in [5.74, 6) is 0.549. The van der Waals surface area contributed by atoms with Crippen molar-refractivity contribution >= 4 is 23.4 Å². The van der Waals surface area contributed by atoms with E-state index in [0.717, 1.165) is 6.54 Å². The molecule has 136 valence electrons. The van der Waals surface area contributed by atoms with Gasteiger partial charge in [-0.25, -0.2) is 0 Å². The van der Waals surface area contributed by atoms with Gasteiger partial charge in [-0.3, -0.25) is 9.59 Å². The zero-order valence-corrected chi connectivity index (χ0v) is 15.4. The molecule has 2 aliphatic rings.